The standard InChI is InChI=1S/C22H20O8/c1-27-16(23)11-15(19(24)28-2)22-12-7-5-6-8-13(22)17(20(25)29-3)18(21(26)30-4)14(22)10-9-12/h5-11,14H,1-4H3/b15-11+/t14-,22-/m1/s1. The molecule has 0 aromatic heterocycles. The van der Waals surface area contributed by atoms with Gasteiger partial charge in [-0.3, -0.25) is 0 Å². The monoisotopic (exact) mass is 412 g/mol. The molecule has 0 fully saturated rings. The molecule has 0 saturated carbocycles. The van der Waals surface area contributed by atoms with E-state index < -0.39 is 35.2 Å². The Morgan fingerprint density at radius 2 is 1.57 bits per heavy atom. The van der Waals surface area contributed by atoms with Gasteiger partial charge in [-0.2, -0.15) is 0 Å². The molecule has 0 amide bonds. The van der Waals surface area contributed by atoms with Crippen LogP contribution in [0.1, 0.15) is 0 Å². The Kier molecular flexibility index (Phi) is 5.60. The van der Waals surface area contributed by atoms with E-state index >= 15 is 0 Å². The molecule has 0 saturated heterocycles. The topological polar surface area (TPSA) is 105 Å². The largest absolute Gasteiger partial charge is 0.466 e. The quantitative estimate of drug-likeness (QED) is 0.380. The van der Waals surface area contributed by atoms with Crippen LogP contribution in [0.15, 0.2) is 70.4 Å². The van der Waals surface area contributed by atoms with Gasteiger partial charge in [0, 0.05) is 12.0 Å². The van der Waals surface area contributed by atoms with Crippen LogP contribution in [-0.2, 0) is 38.1 Å². The van der Waals surface area contributed by atoms with E-state index in [1.165, 1.54) is 28.4 Å². The number of ether oxygens (including phenoxy) is 4. The zero-order valence-electron chi connectivity index (χ0n) is 16.9. The Morgan fingerprint density at radius 1 is 0.900 bits per heavy atom. The highest BCUT2D eigenvalue weighted by molar-refractivity contribution is 6.10. The fourth-order valence-corrected chi connectivity index (χ4v) is 4.25. The van der Waals surface area contributed by atoms with Crippen LogP contribution in [0.4, 0.5) is 0 Å². The molecular formula is C22H20O8. The van der Waals surface area contributed by atoms with Crippen LogP contribution in [0.25, 0.3) is 0 Å². The lowest BCUT2D eigenvalue weighted by Crippen LogP contribution is -2.35. The molecule has 0 N–H and O–H groups in total. The molecule has 0 aromatic carbocycles. The second-order valence-electron chi connectivity index (χ2n) is 6.58. The molecule has 0 aliphatic heterocycles. The van der Waals surface area contributed by atoms with Crippen molar-refractivity contribution in [3.63, 3.8) is 0 Å². The molecule has 156 valence electrons. The van der Waals surface area contributed by atoms with Gasteiger partial charge in [0.1, 0.15) is 0 Å². The molecule has 2 atom stereocenters. The third-order valence-corrected chi connectivity index (χ3v) is 5.40. The summed E-state index contributed by atoms with van der Waals surface area (Å²) in [7, 11) is 4.74. The molecule has 8 nitrogen and oxygen atoms in total. The highest BCUT2D eigenvalue weighted by atomic mass is 16.5. The normalized spacial score (nSPS) is 23.9. The molecule has 30 heavy (non-hydrogen) atoms. The maximum absolute atomic E-state index is 12.9. The van der Waals surface area contributed by atoms with Crippen molar-refractivity contribution in [3.05, 3.63) is 70.4 Å². The SMILES string of the molecule is COC(=O)/C=C(\C(=O)OC)[C@]12C3=CC=CC=C1C(C(=O)OC)=C(C(=O)OC)[C@H]2C=C3. The van der Waals surface area contributed by atoms with Crippen LogP contribution in [0, 0.1) is 11.3 Å². The van der Waals surface area contributed by atoms with Crippen LogP contribution in [-0.4, -0.2) is 52.3 Å². The molecule has 0 heterocycles. The molecule has 3 aliphatic carbocycles. The maximum Gasteiger partial charge on any atom is 0.338 e. The van der Waals surface area contributed by atoms with Gasteiger partial charge in [-0.15, -0.1) is 0 Å². The Hall–Kier alpha value is -3.68. The van der Waals surface area contributed by atoms with Gasteiger partial charge >= 0.3 is 23.9 Å². The molecule has 0 radical (unpaired) electrons. The third kappa shape index (κ3) is 2.83. The van der Waals surface area contributed by atoms with Crippen molar-refractivity contribution in [3.8, 4) is 0 Å². The first kappa shape index (κ1) is 21.0. The van der Waals surface area contributed by atoms with E-state index in [1.54, 1.807) is 36.5 Å². The minimum Gasteiger partial charge on any atom is -0.466 e. The van der Waals surface area contributed by atoms with Crippen molar-refractivity contribution in [2.24, 2.45) is 11.3 Å². The van der Waals surface area contributed by atoms with E-state index in [1.807, 2.05) is 0 Å². The van der Waals surface area contributed by atoms with E-state index in [0.29, 0.717) is 11.1 Å². The van der Waals surface area contributed by atoms with Crippen molar-refractivity contribution >= 4 is 23.9 Å². The second-order valence-corrected chi connectivity index (χ2v) is 6.58. The first-order chi connectivity index (χ1) is 14.4. The zero-order chi connectivity index (χ0) is 22.1. The predicted octanol–water partition coefficient (Wildman–Crippen LogP) is 1.51. The van der Waals surface area contributed by atoms with Gasteiger partial charge in [0.25, 0.3) is 0 Å². The molecule has 3 aliphatic rings. The predicted molar refractivity (Wildman–Crippen MR) is 104 cm³/mol. The first-order valence-corrected chi connectivity index (χ1v) is 8.95. The summed E-state index contributed by atoms with van der Waals surface area (Å²) in [5, 5.41) is 0. The summed E-state index contributed by atoms with van der Waals surface area (Å²) in [6, 6.07) is 0. The van der Waals surface area contributed by atoms with E-state index in [2.05, 4.69) is 0 Å². The van der Waals surface area contributed by atoms with E-state index in [9.17, 15) is 19.2 Å². The Bertz CT molecular complexity index is 1020. The summed E-state index contributed by atoms with van der Waals surface area (Å²) >= 11 is 0. The number of allylic oxidation sites excluding steroid dienone is 7. The van der Waals surface area contributed by atoms with Crippen LogP contribution in [0.3, 0.4) is 0 Å². The lowest BCUT2D eigenvalue weighted by molar-refractivity contribution is -0.139. The smallest absolute Gasteiger partial charge is 0.338 e. The molecular weight excluding hydrogens is 392 g/mol. The Morgan fingerprint density at radius 3 is 2.17 bits per heavy atom. The zero-order valence-corrected chi connectivity index (χ0v) is 16.9. The average Bonchev–Trinajstić information content (AvgIpc) is 3.18. The fourth-order valence-electron chi connectivity index (χ4n) is 4.25. The average molecular weight is 412 g/mol. The molecule has 0 spiro atoms. The Balaban J connectivity index is 2.43. The van der Waals surface area contributed by atoms with Crippen molar-refractivity contribution in [2.45, 2.75) is 0 Å². The van der Waals surface area contributed by atoms with Crippen molar-refractivity contribution in [1.82, 2.24) is 0 Å². The summed E-state index contributed by atoms with van der Waals surface area (Å²) < 4.78 is 19.5. The van der Waals surface area contributed by atoms with Gasteiger partial charge in [0.2, 0.25) is 0 Å². The molecule has 0 bridgehead atoms. The number of hydrogen-bond acceptors (Lipinski definition) is 8. The summed E-state index contributed by atoms with van der Waals surface area (Å²) in [4.78, 5) is 50.5. The highest BCUT2D eigenvalue weighted by Gasteiger charge is 2.61. The van der Waals surface area contributed by atoms with Crippen LogP contribution in [0.5, 0.6) is 0 Å². The van der Waals surface area contributed by atoms with Gasteiger partial charge in [-0.25, -0.2) is 19.2 Å². The van der Waals surface area contributed by atoms with Crippen LogP contribution >= 0.6 is 0 Å². The molecule has 8 heteroatoms. The van der Waals surface area contributed by atoms with Crippen LogP contribution < -0.4 is 0 Å². The van der Waals surface area contributed by atoms with E-state index in [-0.39, 0.29) is 16.7 Å². The molecule has 3 rings (SSSR count). The number of esters is 4. The van der Waals surface area contributed by atoms with Crippen molar-refractivity contribution < 1.29 is 38.1 Å². The number of methoxy groups -OCH3 is 4. The van der Waals surface area contributed by atoms with Crippen LogP contribution in [0.2, 0.25) is 0 Å². The third-order valence-electron chi connectivity index (χ3n) is 5.40. The van der Waals surface area contributed by atoms with Gasteiger partial charge < -0.3 is 18.9 Å². The lowest BCUT2D eigenvalue weighted by Gasteiger charge is -2.35. The Labute approximate surface area is 172 Å². The van der Waals surface area contributed by atoms with Gasteiger partial charge in [0.05, 0.1) is 50.6 Å². The van der Waals surface area contributed by atoms with Crippen molar-refractivity contribution in [2.75, 3.05) is 28.4 Å². The minimum atomic E-state index is -1.36. The molecule has 0 aromatic rings. The first-order valence-electron chi connectivity index (χ1n) is 8.95. The summed E-state index contributed by atoms with van der Waals surface area (Å²) in [5.74, 6) is -3.89. The summed E-state index contributed by atoms with van der Waals surface area (Å²) in [6.07, 6.45) is 11.2. The van der Waals surface area contributed by atoms with E-state index in [4.69, 9.17) is 18.9 Å². The number of rotatable bonds is 5. The van der Waals surface area contributed by atoms with Gasteiger partial charge in [0.15, 0.2) is 0 Å². The second kappa shape index (κ2) is 7.98. The highest BCUT2D eigenvalue weighted by Crippen LogP contribution is 2.64. The number of carbonyl (C=O) groups is 4. The summed E-state index contributed by atoms with van der Waals surface area (Å²) in [6.45, 7) is 0. The van der Waals surface area contributed by atoms with Crippen molar-refractivity contribution in [1.29, 1.82) is 0 Å². The minimum absolute atomic E-state index is 0.0178. The lowest BCUT2D eigenvalue weighted by atomic mass is 9.65. The number of carbonyl (C=O) groups excluding carboxylic acids is 4. The fraction of sp³-hybridized carbons (Fsp3) is 0.273. The van der Waals surface area contributed by atoms with Gasteiger partial charge in [-0.1, -0.05) is 36.5 Å². The number of hydrogen-bond donors (Lipinski definition) is 0. The van der Waals surface area contributed by atoms with E-state index in [0.717, 1.165) is 6.08 Å². The molecule has 0 unspecified atom stereocenters. The van der Waals surface area contributed by atoms with Gasteiger partial charge in [-0.05, 0) is 11.1 Å². The maximum atomic E-state index is 12.9. The summed E-state index contributed by atoms with van der Waals surface area (Å²) in [5.41, 5.74) is -0.509.